The van der Waals surface area contributed by atoms with Crippen molar-refractivity contribution >= 4 is 22.8 Å². The second-order valence-corrected chi connectivity index (χ2v) is 6.21. The number of rotatable bonds is 3. The Kier molecular flexibility index (Phi) is 3.99. The van der Waals surface area contributed by atoms with E-state index >= 15 is 0 Å². The Morgan fingerprint density at radius 3 is 2.50 bits per heavy atom. The lowest BCUT2D eigenvalue weighted by Gasteiger charge is -2.28. The predicted molar refractivity (Wildman–Crippen MR) is 96.6 cm³/mol. The Balaban J connectivity index is 1.56. The molecule has 0 atom stereocenters. The summed E-state index contributed by atoms with van der Waals surface area (Å²) in [5.41, 5.74) is 3.92. The molecule has 1 fully saturated rings. The number of imidazole rings is 1. The van der Waals surface area contributed by atoms with Crippen LogP contribution in [0.2, 0.25) is 0 Å². The van der Waals surface area contributed by atoms with E-state index < -0.39 is 0 Å². The van der Waals surface area contributed by atoms with Gasteiger partial charge < -0.3 is 4.90 Å². The number of aryl methyl sites for hydroxylation is 1. The van der Waals surface area contributed by atoms with Gasteiger partial charge in [-0.1, -0.05) is 6.07 Å². The molecule has 2 aromatic heterocycles. The van der Waals surface area contributed by atoms with Crippen LogP contribution in [-0.2, 0) is 0 Å². The van der Waals surface area contributed by atoms with E-state index in [9.17, 15) is 0 Å². The number of hydrogen-bond donors (Lipinski definition) is 0. The summed E-state index contributed by atoms with van der Waals surface area (Å²) in [6.07, 6.45) is 5.88. The van der Waals surface area contributed by atoms with Crippen molar-refractivity contribution in [2.45, 2.75) is 26.2 Å². The molecule has 0 saturated carbocycles. The minimum absolute atomic E-state index is 0.783. The molecule has 1 saturated heterocycles. The summed E-state index contributed by atoms with van der Waals surface area (Å²) in [5, 5.41) is 8.81. The summed E-state index contributed by atoms with van der Waals surface area (Å²) in [5.74, 6) is 0.783. The van der Waals surface area contributed by atoms with E-state index in [4.69, 9.17) is 0 Å². The number of benzene rings is 1. The van der Waals surface area contributed by atoms with Gasteiger partial charge in [0.05, 0.1) is 11.4 Å². The van der Waals surface area contributed by atoms with Crippen molar-refractivity contribution in [1.29, 1.82) is 0 Å². The number of anilines is 1. The molecule has 1 aliphatic rings. The largest absolute Gasteiger partial charge is 0.372 e. The Bertz CT molecular complexity index is 857. The van der Waals surface area contributed by atoms with Crippen molar-refractivity contribution in [1.82, 2.24) is 9.38 Å². The maximum absolute atomic E-state index is 4.50. The van der Waals surface area contributed by atoms with Gasteiger partial charge in [0.15, 0.2) is 5.82 Å². The number of hydrogen-bond acceptors (Lipinski definition) is 4. The molecule has 5 nitrogen and oxygen atoms in total. The smallest absolute Gasteiger partial charge is 0.182 e. The first-order valence-electron chi connectivity index (χ1n) is 8.52. The van der Waals surface area contributed by atoms with Gasteiger partial charge in [0.2, 0.25) is 0 Å². The van der Waals surface area contributed by atoms with Gasteiger partial charge in [-0.3, -0.25) is 4.40 Å². The molecule has 0 aliphatic carbocycles. The third-order valence-electron chi connectivity index (χ3n) is 4.50. The first-order chi connectivity index (χ1) is 11.8. The van der Waals surface area contributed by atoms with Crippen LogP contribution in [0.1, 0.15) is 25.0 Å². The molecule has 122 valence electrons. The second kappa shape index (κ2) is 6.43. The molecule has 1 aromatic carbocycles. The highest BCUT2D eigenvalue weighted by atomic mass is 15.2. The Hall–Kier alpha value is -2.69. The highest BCUT2D eigenvalue weighted by molar-refractivity contribution is 5.54. The fraction of sp³-hybridized carbons (Fsp3) is 0.316. The highest BCUT2D eigenvalue weighted by Crippen LogP contribution is 2.26. The van der Waals surface area contributed by atoms with Gasteiger partial charge in [-0.05, 0) is 62.6 Å². The molecule has 0 spiro atoms. The van der Waals surface area contributed by atoms with Crippen molar-refractivity contribution in [2.75, 3.05) is 18.0 Å². The normalized spacial score (nSPS) is 15.5. The van der Waals surface area contributed by atoms with E-state index in [0.717, 1.165) is 35.9 Å². The van der Waals surface area contributed by atoms with Gasteiger partial charge in [0, 0.05) is 25.0 Å². The molecule has 4 rings (SSSR count). The standard InChI is InChI=1S/C19H21N5/c1-15-19(24-14-6-3-7-18(24)20-15)22-21-16-8-10-17(11-9-16)23-12-4-2-5-13-23/h3,6-11,14H,2,4-5,12-13H2,1H3. The number of aromatic nitrogens is 2. The Labute approximate surface area is 141 Å². The third-order valence-corrected chi connectivity index (χ3v) is 4.50. The zero-order chi connectivity index (χ0) is 16.4. The van der Waals surface area contributed by atoms with Crippen LogP contribution in [0.4, 0.5) is 17.2 Å². The number of nitrogens with zero attached hydrogens (tertiary/aromatic N) is 5. The van der Waals surface area contributed by atoms with Crippen LogP contribution in [0.25, 0.3) is 5.65 Å². The van der Waals surface area contributed by atoms with E-state index in [2.05, 4.69) is 32.2 Å². The lowest BCUT2D eigenvalue weighted by atomic mass is 10.1. The lowest BCUT2D eigenvalue weighted by molar-refractivity contribution is 0.578. The van der Waals surface area contributed by atoms with Gasteiger partial charge in [-0.15, -0.1) is 10.2 Å². The number of fused-ring (bicyclic) bond motifs is 1. The summed E-state index contributed by atoms with van der Waals surface area (Å²) < 4.78 is 1.96. The van der Waals surface area contributed by atoms with Crippen LogP contribution in [0.15, 0.2) is 58.9 Å². The molecule has 0 radical (unpaired) electrons. The summed E-state index contributed by atoms with van der Waals surface area (Å²) in [6.45, 7) is 4.27. The minimum Gasteiger partial charge on any atom is -0.372 e. The van der Waals surface area contributed by atoms with Crippen molar-refractivity contribution in [3.8, 4) is 0 Å². The molecule has 1 aliphatic heterocycles. The Morgan fingerprint density at radius 1 is 0.917 bits per heavy atom. The quantitative estimate of drug-likeness (QED) is 0.634. The van der Waals surface area contributed by atoms with Crippen LogP contribution < -0.4 is 4.90 Å². The van der Waals surface area contributed by atoms with Crippen molar-refractivity contribution < 1.29 is 0 Å². The minimum atomic E-state index is 0.783. The number of azo groups is 1. The molecule has 0 amide bonds. The van der Waals surface area contributed by atoms with Crippen molar-refractivity contribution in [3.63, 3.8) is 0 Å². The van der Waals surface area contributed by atoms with E-state index in [-0.39, 0.29) is 0 Å². The topological polar surface area (TPSA) is 45.3 Å². The predicted octanol–water partition coefficient (Wildman–Crippen LogP) is 5.05. The fourth-order valence-electron chi connectivity index (χ4n) is 3.21. The molecular weight excluding hydrogens is 298 g/mol. The monoisotopic (exact) mass is 319 g/mol. The summed E-state index contributed by atoms with van der Waals surface area (Å²) in [7, 11) is 0. The zero-order valence-corrected chi connectivity index (χ0v) is 13.9. The average molecular weight is 319 g/mol. The maximum Gasteiger partial charge on any atom is 0.182 e. The van der Waals surface area contributed by atoms with E-state index in [0.29, 0.717) is 0 Å². The van der Waals surface area contributed by atoms with Crippen LogP contribution in [-0.4, -0.2) is 22.5 Å². The SMILES string of the molecule is Cc1nc2ccccn2c1N=Nc1ccc(N2CCCCC2)cc1. The van der Waals surface area contributed by atoms with Crippen LogP contribution in [0.5, 0.6) is 0 Å². The van der Waals surface area contributed by atoms with Crippen molar-refractivity contribution in [2.24, 2.45) is 10.2 Å². The molecule has 3 heterocycles. The van der Waals surface area contributed by atoms with Gasteiger partial charge >= 0.3 is 0 Å². The molecule has 3 aromatic rings. The fourth-order valence-corrected chi connectivity index (χ4v) is 3.21. The highest BCUT2D eigenvalue weighted by Gasteiger charge is 2.10. The van der Waals surface area contributed by atoms with Gasteiger partial charge in [-0.25, -0.2) is 4.98 Å². The molecule has 0 bridgehead atoms. The molecule has 24 heavy (non-hydrogen) atoms. The average Bonchev–Trinajstić information content (AvgIpc) is 2.96. The maximum atomic E-state index is 4.50. The first-order valence-corrected chi connectivity index (χ1v) is 8.52. The van der Waals surface area contributed by atoms with E-state index in [1.807, 2.05) is 47.9 Å². The van der Waals surface area contributed by atoms with Crippen LogP contribution >= 0.6 is 0 Å². The van der Waals surface area contributed by atoms with E-state index in [1.54, 1.807) is 0 Å². The molecule has 0 unspecified atom stereocenters. The summed E-state index contributed by atoms with van der Waals surface area (Å²) >= 11 is 0. The molecule has 0 N–H and O–H groups in total. The first kappa shape index (κ1) is 14.9. The summed E-state index contributed by atoms with van der Waals surface area (Å²) in [6, 6.07) is 14.3. The lowest BCUT2D eigenvalue weighted by Crippen LogP contribution is -2.29. The number of pyridine rings is 1. The van der Waals surface area contributed by atoms with Gasteiger partial charge in [-0.2, -0.15) is 0 Å². The van der Waals surface area contributed by atoms with Crippen LogP contribution in [0.3, 0.4) is 0 Å². The zero-order valence-electron chi connectivity index (χ0n) is 13.9. The van der Waals surface area contributed by atoms with Gasteiger partial charge in [0.25, 0.3) is 0 Å². The van der Waals surface area contributed by atoms with Crippen molar-refractivity contribution in [3.05, 3.63) is 54.4 Å². The number of piperidine rings is 1. The summed E-state index contributed by atoms with van der Waals surface area (Å²) in [4.78, 5) is 6.95. The Morgan fingerprint density at radius 2 is 1.71 bits per heavy atom. The van der Waals surface area contributed by atoms with E-state index in [1.165, 1.54) is 24.9 Å². The second-order valence-electron chi connectivity index (χ2n) is 6.21. The van der Waals surface area contributed by atoms with Gasteiger partial charge in [0.1, 0.15) is 5.65 Å². The molecule has 5 heteroatoms. The third kappa shape index (κ3) is 2.89. The molecular formula is C19H21N5. The van der Waals surface area contributed by atoms with Crippen LogP contribution in [0, 0.1) is 6.92 Å².